The van der Waals surface area contributed by atoms with Crippen molar-refractivity contribution in [2.24, 2.45) is 0 Å². The number of fused-ring (bicyclic) bond motifs is 4. The van der Waals surface area contributed by atoms with Crippen LogP contribution in [0, 0.1) is 0 Å². The number of alkyl carbamates (subject to hydrolysis) is 1. The Labute approximate surface area is 479 Å². The molecule has 6 atom stereocenters. The molecule has 3 aliphatic heterocycles. The van der Waals surface area contributed by atoms with E-state index in [1.807, 2.05) is 48.5 Å². The lowest BCUT2D eigenvalue weighted by atomic mass is 9.98. The van der Waals surface area contributed by atoms with Crippen LogP contribution in [0.5, 0.6) is 5.75 Å². The summed E-state index contributed by atoms with van der Waals surface area (Å²) in [6.45, 7) is 0.469. The van der Waals surface area contributed by atoms with Crippen LogP contribution >= 0.6 is 11.6 Å². The smallest absolute Gasteiger partial charge is 0.409 e. The molecule has 8 amide bonds. The highest BCUT2D eigenvalue weighted by Gasteiger charge is 2.48. The molecule has 436 valence electrons. The van der Waals surface area contributed by atoms with Crippen LogP contribution < -0.4 is 31.3 Å². The first-order valence-electron chi connectivity index (χ1n) is 26.6. The number of amides is 8. The van der Waals surface area contributed by atoms with Crippen molar-refractivity contribution >= 4 is 70.8 Å². The molecule has 0 bridgehead atoms. The van der Waals surface area contributed by atoms with Crippen molar-refractivity contribution in [1.82, 2.24) is 25.8 Å². The fraction of sp³-hybridized carbons (Fsp3) is 0.345. The van der Waals surface area contributed by atoms with E-state index in [4.69, 9.17) is 35.3 Å². The van der Waals surface area contributed by atoms with Gasteiger partial charge in [0, 0.05) is 68.3 Å². The largest absolute Gasteiger partial charge is 0.479 e. The molecule has 3 heterocycles. The second-order valence-electron chi connectivity index (χ2n) is 20.1. The van der Waals surface area contributed by atoms with Crippen LogP contribution in [0.2, 0.25) is 5.02 Å². The zero-order valence-corrected chi connectivity index (χ0v) is 45.5. The number of halogens is 1. The summed E-state index contributed by atoms with van der Waals surface area (Å²) in [5, 5.41) is 54.2. The molecular weight excluding hydrogens is 1100 g/mol. The Kier molecular flexibility index (Phi) is 18.8. The fourth-order valence-electron chi connectivity index (χ4n) is 10.0. The molecule has 9 rings (SSSR count). The molecule has 2 saturated heterocycles. The maximum Gasteiger partial charge on any atom is 0.409 e. The molecule has 4 aliphatic rings. The second-order valence-corrected chi connectivity index (χ2v) is 20.5. The van der Waals surface area contributed by atoms with E-state index in [0.717, 1.165) is 33.4 Å². The molecule has 5 aromatic carbocycles. The zero-order valence-electron chi connectivity index (χ0n) is 44.7. The predicted molar refractivity (Wildman–Crippen MR) is 295 cm³/mol. The van der Waals surface area contributed by atoms with Gasteiger partial charge in [-0.2, -0.15) is 0 Å². The van der Waals surface area contributed by atoms with Crippen LogP contribution in [0.4, 0.5) is 25.8 Å². The highest BCUT2D eigenvalue weighted by Crippen LogP contribution is 2.44. The van der Waals surface area contributed by atoms with Gasteiger partial charge in [0.05, 0.1) is 18.9 Å². The number of carbonyl (C=O) groups excluding carboxylic acids is 7. The molecule has 0 spiro atoms. The van der Waals surface area contributed by atoms with Crippen LogP contribution in [0.1, 0.15) is 68.9 Å². The molecule has 24 nitrogen and oxygen atoms in total. The van der Waals surface area contributed by atoms with Gasteiger partial charge < -0.3 is 75.2 Å². The number of nitrogens with one attached hydrogen (secondary N) is 5. The number of aliphatic carboxylic acids is 1. The topological polar surface area (TPSA) is 330 Å². The van der Waals surface area contributed by atoms with Gasteiger partial charge in [0.25, 0.3) is 5.91 Å². The highest BCUT2D eigenvalue weighted by molar-refractivity contribution is 6.31. The second kappa shape index (κ2) is 26.5. The van der Waals surface area contributed by atoms with Crippen molar-refractivity contribution in [1.29, 1.82) is 0 Å². The summed E-state index contributed by atoms with van der Waals surface area (Å²) in [7, 11) is 1.50. The number of aliphatic hydroxyl groups is 3. The number of aliphatic hydroxyl groups excluding tert-OH is 3. The van der Waals surface area contributed by atoms with Crippen molar-refractivity contribution in [3.05, 3.63) is 147 Å². The number of anilines is 2. The highest BCUT2D eigenvalue weighted by atomic mass is 35.5. The normalized spacial score (nSPS) is 19.8. The number of hydrogen-bond acceptors (Lipinski definition) is 16. The molecule has 1 unspecified atom stereocenters. The van der Waals surface area contributed by atoms with E-state index >= 15 is 0 Å². The van der Waals surface area contributed by atoms with Gasteiger partial charge in [-0.1, -0.05) is 84.4 Å². The maximum atomic E-state index is 13.3. The summed E-state index contributed by atoms with van der Waals surface area (Å²) < 4.78 is 27.9. The third-order valence-electron chi connectivity index (χ3n) is 14.5. The van der Waals surface area contributed by atoms with Crippen molar-refractivity contribution in [2.75, 3.05) is 50.6 Å². The first-order chi connectivity index (χ1) is 39.9. The van der Waals surface area contributed by atoms with E-state index in [2.05, 4.69) is 26.6 Å². The number of imide groups is 1. The molecule has 25 heteroatoms. The number of carbonyl (C=O) groups is 8. The molecule has 0 aromatic heterocycles. The number of nitrogens with zero attached hydrogens (tertiary/aromatic N) is 2. The number of hydrogen-bond donors (Lipinski definition) is 9. The standard InChI is InChI=1S/C58H60ClN7O17/c1-65(21-23-79-22-19-33-12-13-35(26-42(33)59)62-56(76)61-27-31-10-14-36-34(24-31)28-66(53(36)73)44-15-17-46(67)64-52(44)72)58(78)81-29-32-11-16-45(82-55-50(71)48(69)49(70)51(83-55)54(74)75)43(25-32)63-47(68)18-20-60-57(77)80-30-41-39-8-4-2-6-37(39)38-7-3-5-9-40(38)41/h2-14,16,24-26,41,44,48-51,55,69-71H,15,17-23,27-30H2,1H3,(H,60,77)(H,63,68)(H,74,75)(H2,61,62,76)(H,64,67,72)/t44?,48-,49-,50+,51-,55+/m0/s1. The fourth-order valence-corrected chi connectivity index (χ4v) is 10.3. The van der Waals surface area contributed by atoms with Gasteiger partial charge in [-0.05, 0) is 87.7 Å². The Morgan fingerprint density at radius 1 is 0.807 bits per heavy atom. The van der Waals surface area contributed by atoms with Crippen LogP contribution in [0.15, 0.2) is 103 Å². The van der Waals surface area contributed by atoms with Gasteiger partial charge in [-0.25, -0.2) is 19.2 Å². The summed E-state index contributed by atoms with van der Waals surface area (Å²) in [4.78, 5) is 104. The SMILES string of the molecule is CN(CCOCCc1ccc(NC(=O)NCc2ccc3c(c2)CN(C2CCC(=O)NC2=O)C3=O)cc1Cl)C(=O)OCc1ccc(O[C@@H]2O[C@H](C(=O)O)[C@@H](O)[C@H](O)[C@H]2O)c(NC(=O)CCNC(=O)OCC2c3ccccc3-c3ccccc32)c1. The van der Waals surface area contributed by atoms with E-state index in [9.17, 15) is 58.8 Å². The van der Waals surface area contributed by atoms with Gasteiger partial charge in [-0.15, -0.1) is 0 Å². The van der Waals surface area contributed by atoms with Crippen molar-refractivity contribution in [3.63, 3.8) is 0 Å². The van der Waals surface area contributed by atoms with Crippen LogP contribution in [-0.4, -0.2) is 155 Å². The number of likely N-dealkylation sites (N-methyl/N-ethyl adjacent to an activating group) is 1. The molecular formula is C58H60ClN7O17. The summed E-state index contributed by atoms with van der Waals surface area (Å²) in [5.74, 6) is -3.74. The molecule has 2 fully saturated rings. The van der Waals surface area contributed by atoms with Gasteiger partial charge in [0.1, 0.15) is 43.3 Å². The Morgan fingerprint density at radius 3 is 2.27 bits per heavy atom. The third kappa shape index (κ3) is 14.2. The van der Waals surface area contributed by atoms with E-state index in [-0.39, 0.29) is 101 Å². The van der Waals surface area contributed by atoms with E-state index in [1.54, 1.807) is 36.4 Å². The zero-order chi connectivity index (χ0) is 58.9. The summed E-state index contributed by atoms with van der Waals surface area (Å²) >= 11 is 6.56. The molecule has 83 heavy (non-hydrogen) atoms. The van der Waals surface area contributed by atoms with Crippen molar-refractivity contribution in [2.45, 2.75) is 88.0 Å². The minimum absolute atomic E-state index is 0.0429. The molecule has 1 aliphatic carbocycles. The van der Waals surface area contributed by atoms with Gasteiger partial charge in [-0.3, -0.25) is 24.5 Å². The third-order valence-corrected chi connectivity index (χ3v) is 14.8. The lowest BCUT2D eigenvalue weighted by Crippen LogP contribution is -2.61. The van der Waals surface area contributed by atoms with Crippen molar-refractivity contribution < 1.29 is 82.5 Å². The first kappa shape index (κ1) is 59.0. The molecule has 9 N–H and O–H groups in total. The maximum absolute atomic E-state index is 13.3. The quantitative estimate of drug-likeness (QED) is 0.0363. The number of ether oxygens (including phenoxy) is 5. The minimum atomic E-state index is -1.98. The Bertz CT molecular complexity index is 3260. The monoisotopic (exact) mass is 1160 g/mol. The predicted octanol–water partition coefficient (Wildman–Crippen LogP) is 4.39. The van der Waals surface area contributed by atoms with Crippen LogP contribution in [0.3, 0.4) is 0 Å². The van der Waals surface area contributed by atoms with Gasteiger partial charge >= 0.3 is 24.2 Å². The number of carboxylic acids is 1. The van der Waals surface area contributed by atoms with Gasteiger partial charge in [0.2, 0.25) is 24.0 Å². The number of rotatable bonds is 21. The lowest BCUT2D eigenvalue weighted by molar-refractivity contribution is -0.271. The van der Waals surface area contributed by atoms with E-state index < -0.39 is 72.7 Å². The van der Waals surface area contributed by atoms with Crippen LogP contribution in [-0.2, 0) is 64.2 Å². The van der Waals surface area contributed by atoms with Gasteiger partial charge in [0.15, 0.2) is 6.10 Å². The molecule has 5 aromatic rings. The number of urea groups is 1. The van der Waals surface area contributed by atoms with E-state index in [1.165, 1.54) is 35.0 Å². The lowest BCUT2D eigenvalue weighted by Gasteiger charge is -2.38. The first-order valence-corrected chi connectivity index (χ1v) is 27.0. The number of carboxylic acid groups (broad SMARTS) is 1. The summed E-state index contributed by atoms with van der Waals surface area (Å²) in [5.41, 5.74) is 7.59. The summed E-state index contributed by atoms with van der Waals surface area (Å²) in [6, 6.07) is 28.9. The number of piperidine rings is 1. The molecule has 0 saturated carbocycles. The van der Waals surface area contributed by atoms with Crippen molar-refractivity contribution in [3.8, 4) is 16.9 Å². The average Bonchev–Trinajstić information content (AvgIpc) is 2.71. The Morgan fingerprint density at radius 2 is 1.54 bits per heavy atom. The number of benzene rings is 5. The van der Waals surface area contributed by atoms with E-state index in [0.29, 0.717) is 33.8 Å². The van der Waals surface area contributed by atoms with Crippen LogP contribution in [0.25, 0.3) is 11.1 Å². The molecule has 0 radical (unpaired) electrons. The Hall–Kier alpha value is -8.65. The summed E-state index contributed by atoms with van der Waals surface area (Å²) in [6.07, 6.45) is -10.6. The average molecular weight is 1160 g/mol. The minimum Gasteiger partial charge on any atom is -0.479 e. The Balaban J connectivity index is 0.711.